The summed E-state index contributed by atoms with van der Waals surface area (Å²) in [4.78, 5) is 25.2. The highest BCUT2D eigenvalue weighted by Crippen LogP contribution is 2.17. The molecule has 6 nitrogen and oxygen atoms in total. The largest absolute Gasteiger partial charge is 0.345 e. The fraction of sp³-hybridized carbons (Fsp3) is 0.174. The van der Waals surface area contributed by atoms with Crippen molar-refractivity contribution in [2.45, 2.75) is 20.0 Å². The fourth-order valence-corrected chi connectivity index (χ4v) is 3.26. The first-order valence-corrected chi connectivity index (χ1v) is 9.32. The lowest BCUT2D eigenvalue weighted by atomic mass is 10.1. The molecule has 0 aliphatic carbocycles. The maximum atomic E-state index is 13.0. The predicted octanol–water partition coefficient (Wildman–Crippen LogP) is 4.58. The second kappa shape index (κ2) is 9.01. The first-order chi connectivity index (χ1) is 14.0. The number of hydrogen-bond acceptors (Lipinski definition) is 3. The summed E-state index contributed by atoms with van der Waals surface area (Å²) < 4.78 is 2.10. The molecule has 148 valence electrons. The van der Waals surface area contributed by atoms with E-state index in [4.69, 9.17) is 0 Å². The number of non-ortho nitro benzene ring substituents is 1. The van der Waals surface area contributed by atoms with Gasteiger partial charge in [-0.3, -0.25) is 14.9 Å². The van der Waals surface area contributed by atoms with Crippen molar-refractivity contribution >= 4 is 11.6 Å². The van der Waals surface area contributed by atoms with Crippen LogP contribution in [0.2, 0.25) is 0 Å². The topological polar surface area (TPSA) is 68.4 Å². The van der Waals surface area contributed by atoms with Crippen LogP contribution in [0.4, 0.5) is 5.69 Å². The summed E-state index contributed by atoms with van der Waals surface area (Å²) in [5.41, 5.74) is 3.55. The molecule has 0 N–H and O–H groups in total. The highest BCUT2D eigenvalue weighted by molar-refractivity contribution is 5.94. The van der Waals surface area contributed by atoms with Crippen LogP contribution in [0.1, 0.15) is 27.2 Å². The first kappa shape index (κ1) is 20.1. The van der Waals surface area contributed by atoms with Crippen molar-refractivity contribution in [2.24, 2.45) is 0 Å². The SMILES string of the molecule is C=CCN(Cc1cccn1Cc1cccc(C)c1)C(=O)c1cccc([N+](=O)[O-])c1. The number of nitrogens with zero attached hydrogens (tertiary/aromatic N) is 3. The third-order valence-corrected chi connectivity index (χ3v) is 4.65. The molecule has 0 unspecified atom stereocenters. The molecular weight excluding hydrogens is 366 g/mol. The smallest absolute Gasteiger partial charge is 0.270 e. The van der Waals surface area contributed by atoms with E-state index in [2.05, 4.69) is 36.3 Å². The zero-order valence-electron chi connectivity index (χ0n) is 16.3. The van der Waals surface area contributed by atoms with Gasteiger partial charge in [0, 0.05) is 42.7 Å². The molecule has 3 aromatic rings. The van der Waals surface area contributed by atoms with Crippen molar-refractivity contribution in [3.05, 3.63) is 112 Å². The van der Waals surface area contributed by atoms with Crippen LogP contribution in [0.15, 0.2) is 79.5 Å². The Morgan fingerprint density at radius 2 is 1.97 bits per heavy atom. The van der Waals surface area contributed by atoms with Crippen molar-refractivity contribution in [2.75, 3.05) is 6.54 Å². The first-order valence-electron chi connectivity index (χ1n) is 9.32. The average Bonchev–Trinajstić information content (AvgIpc) is 3.14. The van der Waals surface area contributed by atoms with Gasteiger partial charge < -0.3 is 9.47 Å². The Morgan fingerprint density at radius 1 is 1.17 bits per heavy atom. The highest BCUT2D eigenvalue weighted by atomic mass is 16.6. The number of nitro benzene ring substituents is 1. The molecule has 1 heterocycles. The molecule has 0 bridgehead atoms. The van der Waals surface area contributed by atoms with Gasteiger partial charge in [0.25, 0.3) is 11.6 Å². The zero-order chi connectivity index (χ0) is 20.8. The predicted molar refractivity (Wildman–Crippen MR) is 113 cm³/mol. The minimum Gasteiger partial charge on any atom is -0.345 e. The lowest BCUT2D eigenvalue weighted by Crippen LogP contribution is -2.31. The fourth-order valence-electron chi connectivity index (χ4n) is 3.26. The molecule has 3 rings (SSSR count). The van der Waals surface area contributed by atoms with E-state index in [0.29, 0.717) is 19.6 Å². The average molecular weight is 389 g/mol. The lowest BCUT2D eigenvalue weighted by Gasteiger charge is -2.22. The number of nitro groups is 1. The molecule has 2 aromatic carbocycles. The monoisotopic (exact) mass is 389 g/mol. The van der Waals surface area contributed by atoms with Gasteiger partial charge in [0.05, 0.1) is 11.5 Å². The number of rotatable bonds is 8. The molecule has 6 heteroatoms. The van der Waals surface area contributed by atoms with Crippen LogP contribution in [0, 0.1) is 17.0 Å². The normalized spacial score (nSPS) is 10.5. The molecule has 1 amide bonds. The second-order valence-electron chi connectivity index (χ2n) is 6.90. The maximum absolute atomic E-state index is 13.0. The van der Waals surface area contributed by atoms with Crippen molar-refractivity contribution in [3.63, 3.8) is 0 Å². The number of carbonyl (C=O) groups excluding carboxylic acids is 1. The van der Waals surface area contributed by atoms with E-state index in [1.807, 2.05) is 24.4 Å². The van der Waals surface area contributed by atoms with Gasteiger partial charge in [0.2, 0.25) is 0 Å². The molecule has 0 atom stereocenters. The minimum absolute atomic E-state index is 0.0998. The number of aromatic nitrogens is 1. The minimum atomic E-state index is -0.498. The van der Waals surface area contributed by atoms with Gasteiger partial charge >= 0.3 is 0 Å². The van der Waals surface area contributed by atoms with Crippen molar-refractivity contribution in [1.29, 1.82) is 0 Å². The van der Waals surface area contributed by atoms with Gasteiger partial charge in [0.1, 0.15) is 0 Å². The molecule has 0 saturated carbocycles. The molecule has 0 aliphatic heterocycles. The summed E-state index contributed by atoms with van der Waals surface area (Å²) in [6, 6.07) is 18.0. The van der Waals surface area contributed by atoms with Crippen LogP contribution in [0.25, 0.3) is 0 Å². The van der Waals surface area contributed by atoms with E-state index in [1.165, 1.54) is 29.3 Å². The molecule has 29 heavy (non-hydrogen) atoms. The zero-order valence-corrected chi connectivity index (χ0v) is 16.3. The number of carbonyl (C=O) groups is 1. The Hall–Kier alpha value is -3.67. The maximum Gasteiger partial charge on any atom is 0.270 e. The van der Waals surface area contributed by atoms with Crippen molar-refractivity contribution in [1.82, 2.24) is 9.47 Å². The van der Waals surface area contributed by atoms with E-state index >= 15 is 0 Å². The van der Waals surface area contributed by atoms with E-state index in [-0.39, 0.29) is 17.2 Å². The van der Waals surface area contributed by atoms with Crippen LogP contribution in [0.5, 0.6) is 0 Å². The molecule has 0 spiro atoms. The van der Waals surface area contributed by atoms with Crippen LogP contribution < -0.4 is 0 Å². The summed E-state index contributed by atoms with van der Waals surface area (Å²) >= 11 is 0. The quantitative estimate of drug-likeness (QED) is 0.322. The number of aryl methyl sites for hydroxylation is 1. The number of hydrogen-bond donors (Lipinski definition) is 0. The molecule has 0 radical (unpaired) electrons. The van der Waals surface area contributed by atoms with E-state index in [0.717, 1.165) is 5.69 Å². The third-order valence-electron chi connectivity index (χ3n) is 4.65. The highest BCUT2D eigenvalue weighted by Gasteiger charge is 2.19. The third kappa shape index (κ3) is 4.99. The Bertz CT molecular complexity index is 1040. The second-order valence-corrected chi connectivity index (χ2v) is 6.90. The van der Waals surface area contributed by atoms with E-state index < -0.39 is 4.92 Å². The van der Waals surface area contributed by atoms with Gasteiger partial charge in [-0.25, -0.2) is 0 Å². The van der Waals surface area contributed by atoms with E-state index in [9.17, 15) is 14.9 Å². The van der Waals surface area contributed by atoms with Crippen molar-refractivity contribution < 1.29 is 9.72 Å². The van der Waals surface area contributed by atoms with Crippen molar-refractivity contribution in [3.8, 4) is 0 Å². The summed E-state index contributed by atoms with van der Waals surface area (Å²) in [6.45, 7) is 7.23. The Labute approximate surface area is 169 Å². The van der Waals surface area contributed by atoms with Crippen LogP contribution in [-0.4, -0.2) is 26.8 Å². The van der Waals surface area contributed by atoms with Gasteiger partial charge in [-0.1, -0.05) is 42.0 Å². The standard InChI is InChI=1S/C23H23N3O3/c1-3-12-25(23(27)20-9-5-10-21(15-20)26(28)29)17-22-11-6-13-24(22)16-19-8-4-7-18(2)14-19/h3-11,13-15H,1,12,16-17H2,2H3. The van der Waals surface area contributed by atoms with Gasteiger partial charge in [-0.05, 0) is 30.7 Å². The molecule has 0 fully saturated rings. The van der Waals surface area contributed by atoms with Crippen LogP contribution in [0.3, 0.4) is 0 Å². The number of benzene rings is 2. The number of amides is 1. The summed E-state index contributed by atoms with van der Waals surface area (Å²) in [5.74, 6) is -0.267. The molecular formula is C23H23N3O3. The van der Waals surface area contributed by atoms with E-state index in [1.54, 1.807) is 17.0 Å². The van der Waals surface area contributed by atoms with Crippen LogP contribution >= 0.6 is 0 Å². The summed E-state index contributed by atoms with van der Waals surface area (Å²) in [7, 11) is 0. The lowest BCUT2D eigenvalue weighted by molar-refractivity contribution is -0.384. The van der Waals surface area contributed by atoms with Gasteiger partial charge in [-0.15, -0.1) is 6.58 Å². The van der Waals surface area contributed by atoms with Crippen LogP contribution in [-0.2, 0) is 13.1 Å². The summed E-state index contributed by atoms with van der Waals surface area (Å²) in [5, 5.41) is 11.0. The Balaban J connectivity index is 1.82. The molecule has 0 aliphatic rings. The Morgan fingerprint density at radius 3 is 2.69 bits per heavy atom. The summed E-state index contributed by atoms with van der Waals surface area (Å²) in [6.07, 6.45) is 3.64. The van der Waals surface area contributed by atoms with Gasteiger partial charge in [-0.2, -0.15) is 0 Å². The molecule has 0 saturated heterocycles. The van der Waals surface area contributed by atoms with Gasteiger partial charge in [0.15, 0.2) is 0 Å². The molecule has 1 aromatic heterocycles. The Kier molecular flexibility index (Phi) is 6.24.